The number of ether oxygens (including phenoxy) is 1. The van der Waals surface area contributed by atoms with E-state index in [4.69, 9.17) is 9.84 Å². The van der Waals surface area contributed by atoms with Crippen LogP contribution in [0.15, 0.2) is 48.5 Å². The topological polar surface area (TPSA) is 70.6 Å². The minimum atomic E-state index is -0.260. The Morgan fingerprint density at radius 3 is 2.48 bits per heavy atom. The average molecular weight is 314 g/mol. The van der Waals surface area contributed by atoms with Gasteiger partial charge in [0.1, 0.15) is 5.75 Å². The lowest BCUT2D eigenvalue weighted by Gasteiger charge is -2.12. The second kappa shape index (κ2) is 8.80. The SMILES string of the molecule is CCOc1ccccc1NC(=O)NCCc1ccc(CO)cc1. The zero-order valence-corrected chi connectivity index (χ0v) is 13.2. The first-order valence-electron chi connectivity index (χ1n) is 7.68. The molecule has 2 rings (SSSR count). The number of carbonyl (C=O) groups excluding carboxylic acids is 1. The Labute approximate surface area is 136 Å². The summed E-state index contributed by atoms with van der Waals surface area (Å²) in [4.78, 5) is 11.9. The third-order valence-electron chi connectivity index (χ3n) is 3.34. The molecule has 2 amide bonds. The van der Waals surface area contributed by atoms with Crippen LogP contribution in [0.3, 0.4) is 0 Å². The summed E-state index contributed by atoms with van der Waals surface area (Å²) in [6, 6.07) is 14.8. The lowest BCUT2D eigenvalue weighted by atomic mass is 10.1. The first kappa shape index (κ1) is 16.8. The molecule has 5 nitrogen and oxygen atoms in total. The number of nitrogens with one attached hydrogen (secondary N) is 2. The molecule has 0 aliphatic heterocycles. The van der Waals surface area contributed by atoms with Crippen molar-refractivity contribution in [1.29, 1.82) is 0 Å². The molecule has 122 valence electrons. The summed E-state index contributed by atoms with van der Waals surface area (Å²) in [6.45, 7) is 3.02. The number of hydrogen-bond donors (Lipinski definition) is 3. The Balaban J connectivity index is 1.81. The molecular formula is C18H22N2O3. The average Bonchev–Trinajstić information content (AvgIpc) is 2.57. The number of carbonyl (C=O) groups is 1. The third kappa shape index (κ3) is 5.30. The van der Waals surface area contributed by atoms with Gasteiger partial charge in [0, 0.05) is 6.54 Å². The predicted molar refractivity (Wildman–Crippen MR) is 90.7 cm³/mol. The van der Waals surface area contributed by atoms with Crippen molar-refractivity contribution in [3.63, 3.8) is 0 Å². The molecule has 2 aromatic carbocycles. The Morgan fingerprint density at radius 2 is 1.78 bits per heavy atom. The Morgan fingerprint density at radius 1 is 1.09 bits per heavy atom. The molecule has 0 saturated heterocycles. The van der Waals surface area contributed by atoms with Gasteiger partial charge in [0.05, 0.1) is 18.9 Å². The number of para-hydroxylation sites is 2. The smallest absolute Gasteiger partial charge is 0.319 e. The van der Waals surface area contributed by atoms with E-state index in [1.165, 1.54) is 0 Å². The van der Waals surface area contributed by atoms with Crippen LogP contribution in [-0.2, 0) is 13.0 Å². The standard InChI is InChI=1S/C18H22N2O3/c1-2-23-17-6-4-3-5-16(17)20-18(22)19-12-11-14-7-9-15(13-21)10-8-14/h3-10,21H,2,11-13H2,1H3,(H2,19,20,22). The Kier molecular flexibility index (Phi) is 6.44. The van der Waals surface area contributed by atoms with Crippen molar-refractivity contribution in [2.75, 3.05) is 18.5 Å². The molecule has 0 bridgehead atoms. The van der Waals surface area contributed by atoms with Gasteiger partial charge in [-0.2, -0.15) is 0 Å². The van der Waals surface area contributed by atoms with Gasteiger partial charge in [-0.3, -0.25) is 0 Å². The number of anilines is 1. The van der Waals surface area contributed by atoms with E-state index in [9.17, 15) is 4.79 Å². The highest BCUT2D eigenvalue weighted by Crippen LogP contribution is 2.23. The van der Waals surface area contributed by atoms with Crippen molar-refractivity contribution in [3.8, 4) is 5.75 Å². The quantitative estimate of drug-likeness (QED) is 0.736. The number of benzene rings is 2. The van der Waals surface area contributed by atoms with Crippen molar-refractivity contribution < 1.29 is 14.6 Å². The summed E-state index contributed by atoms with van der Waals surface area (Å²) in [6.07, 6.45) is 0.728. The number of aliphatic hydroxyl groups is 1. The first-order chi connectivity index (χ1) is 11.2. The summed E-state index contributed by atoms with van der Waals surface area (Å²) in [5.74, 6) is 0.657. The van der Waals surface area contributed by atoms with E-state index >= 15 is 0 Å². The van der Waals surface area contributed by atoms with Crippen LogP contribution in [0.25, 0.3) is 0 Å². The van der Waals surface area contributed by atoms with Gasteiger partial charge in [-0.25, -0.2) is 4.79 Å². The van der Waals surface area contributed by atoms with Gasteiger partial charge in [-0.05, 0) is 36.6 Å². The van der Waals surface area contributed by atoms with Gasteiger partial charge in [-0.1, -0.05) is 36.4 Å². The first-order valence-corrected chi connectivity index (χ1v) is 7.68. The number of rotatable bonds is 7. The van der Waals surface area contributed by atoms with E-state index < -0.39 is 0 Å². The fraction of sp³-hybridized carbons (Fsp3) is 0.278. The predicted octanol–water partition coefficient (Wildman–Crippen LogP) is 2.94. The fourth-order valence-corrected chi connectivity index (χ4v) is 2.15. The van der Waals surface area contributed by atoms with E-state index in [1.807, 2.05) is 49.4 Å². The number of aliphatic hydroxyl groups excluding tert-OH is 1. The highest BCUT2D eigenvalue weighted by molar-refractivity contribution is 5.90. The normalized spacial score (nSPS) is 10.2. The molecule has 0 spiro atoms. The largest absolute Gasteiger partial charge is 0.492 e. The summed E-state index contributed by atoms with van der Waals surface area (Å²) >= 11 is 0. The Hall–Kier alpha value is -2.53. The molecule has 0 fully saturated rings. The lowest BCUT2D eigenvalue weighted by molar-refractivity contribution is 0.252. The monoisotopic (exact) mass is 314 g/mol. The molecule has 0 heterocycles. The van der Waals surface area contributed by atoms with E-state index in [1.54, 1.807) is 6.07 Å². The van der Waals surface area contributed by atoms with Crippen LogP contribution in [0, 0.1) is 0 Å². The van der Waals surface area contributed by atoms with Crippen LogP contribution in [0.1, 0.15) is 18.1 Å². The molecule has 23 heavy (non-hydrogen) atoms. The minimum absolute atomic E-state index is 0.0418. The molecule has 0 aliphatic carbocycles. The van der Waals surface area contributed by atoms with Crippen molar-refractivity contribution in [2.24, 2.45) is 0 Å². The highest BCUT2D eigenvalue weighted by atomic mass is 16.5. The van der Waals surface area contributed by atoms with E-state index in [-0.39, 0.29) is 12.6 Å². The van der Waals surface area contributed by atoms with Crippen LogP contribution < -0.4 is 15.4 Å². The van der Waals surface area contributed by atoms with Gasteiger partial charge < -0.3 is 20.5 Å². The lowest BCUT2D eigenvalue weighted by Crippen LogP contribution is -2.30. The minimum Gasteiger partial charge on any atom is -0.492 e. The number of hydrogen-bond acceptors (Lipinski definition) is 3. The maximum absolute atomic E-state index is 11.9. The van der Waals surface area contributed by atoms with Crippen LogP contribution in [-0.4, -0.2) is 24.3 Å². The van der Waals surface area contributed by atoms with E-state index in [0.29, 0.717) is 24.6 Å². The summed E-state index contributed by atoms with van der Waals surface area (Å²) in [5, 5.41) is 14.6. The molecule has 0 aromatic heterocycles. The van der Waals surface area contributed by atoms with Crippen molar-refractivity contribution in [2.45, 2.75) is 20.0 Å². The van der Waals surface area contributed by atoms with Crippen LogP contribution >= 0.6 is 0 Å². The van der Waals surface area contributed by atoms with E-state index in [2.05, 4.69) is 10.6 Å². The van der Waals surface area contributed by atoms with Crippen LogP contribution in [0.4, 0.5) is 10.5 Å². The molecule has 3 N–H and O–H groups in total. The second-order valence-corrected chi connectivity index (χ2v) is 5.03. The fourth-order valence-electron chi connectivity index (χ4n) is 2.15. The van der Waals surface area contributed by atoms with Gasteiger partial charge in [-0.15, -0.1) is 0 Å². The molecule has 5 heteroatoms. The highest BCUT2D eigenvalue weighted by Gasteiger charge is 2.06. The summed E-state index contributed by atoms with van der Waals surface area (Å²) < 4.78 is 5.47. The van der Waals surface area contributed by atoms with Crippen LogP contribution in [0.2, 0.25) is 0 Å². The molecular weight excluding hydrogens is 292 g/mol. The zero-order chi connectivity index (χ0) is 16.5. The molecule has 0 saturated carbocycles. The molecule has 0 radical (unpaired) electrons. The second-order valence-electron chi connectivity index (χ2n) is 5.03. The van der Waals surface area contributed by atoms with Gasteiger partial charge in [0.15, 0.2) is 0 Å². The number of urea groups is 1. The zero-order valence-electron chi connectivity index (χ0n) is 13.2. The van der Waals surface area contributed by atoms with Gasteiger partial charge >= 0.3 is 6.03 Å². The summed E-state index contributed by atoms with van der Waals surface area (Å²) in [7, 11) is 0. The molecule has 0 aliphatic rings. The number of amides is 2. The van der Waals surface area contributed by atoms with Crippen molar-refractivity contribution in [3.05, 3.63) is 59.7 Å². The Bertz CT molecular complexity index is 626. The van der Waals surface area contributed by atoms with Gasteiger partial charge in [0.25, 0.3) is 0 Å². The van der Waals surface area contributed by atoms with Crippen molar-refractivity contribution >= 4 is 11.7 Å². The van der Waals surface area contributed by atoms with Gasteiger partial charge in [0.2, 0.25) is 0 Å². The third-order valence-corrected chi connectivity index (χ3v) is 3.34. The van der Waals surface area contributed by atoms with Crippen LogP contribution in [0.5, 0.6) is 5.75 Å². The molecule has 0 unspecified atom stereocenters. The summed E-state index contributed by atoms with van der Waals surface area (Å²) in [5.41, 5.74) is 2.64. The maximum atomic E-state index is 11.9. The van der Waals surface area contributed by atoms with E-state index in [0.717, 1.165) is 17.5 Å². The maximum Gasteiger partial charge on any atom is 0.319 e. The molecule has 0 atom stereocenters. The molecule has 2 aromatic rings. The van der Waals surface area contributed by atoms with Crippen molar-refractivity contribution in [1.82, 2.24) is 5.32 Å².